The van der Waals surface area contributed by atoms with Crippen molar-refractivity contribution in [3.8, 4) is 17.6 Å². The lowest BCUT2D eigenvalue weighted by Crippen LogP contribution is -2.24. The molecule has 0 spiro atoms. The van der Waals surface area contributed by atoms with Crippen LogP contribution in [0.2, 0.25) is 0 Å². The minimum atomic E-state index is -3.32. The number of phenolic OH excluding ortho intramolecular Hbond substituents is 1. The van der Waals surface area contributed by atoms with Crippen molar-refractivity contribution in [2.45, 2.75) is 43.0 Å². The first-order valence-electron chi connectivity index (χ1n) is 11.5. The van der Waals surface area contributed by atoms with Crippen molar-refractivity contribution < 1.29 is 18.3 Å². The van der Waals surface area contributed by atoms with Crippen LogP contribution in [-0.4, -0.2) is 43.1 Å². The third kappa shape index (κ3) is 7.86. The fourth-order valence-corrected chi connectivity index (χ4v) is 4.24. The Morgan fingerprint density at radius 2 is 1.92 bits per heavy atom. The van der Waals surface area contributed by atoms with Crippen LogP contribution >= 0.6 is 12.6 Å². The maximum Gasteiger partial charge on any atom is 0.175 e. The molecular weight excluding hydrogens is 496 g/mol. The van der Waals surface area contributed by atoms with Gasteiger partial charge in [-0.25, -0.2) is 8.42 Å². The maximum absolute atomic E-state index is 12.0. The van der Waals surface area contributed by atoms with E-state index in [1.807, 2.05) is 36.9 Å². The maximum atomic E-state index is 12.0. The van der Waals surface area contributed by atoms with Crippen LogP contribution in [0, 0.1) is 24.2 Å². The zero-order chi connectivity index (χ0) is 26.3. The number of hydrogen-bond acceptors (Lipinski definition) is 9. The smallest absolute Gasteiger partial charge is 0.175 e. The summed E-state index contributed by atoms with van der Waals surface area (Å²) < 4.78 is 29.9. The van der Waals surface area contributed by atoms with Crippen LogP contribution in [0.15, 0.2) is 58.3 Å². The van der Waals surface area contributed by atoms with Crippen LogP contribution in [0.4, 0.5) is 5.82 Å². The van der Waals surface area contributed by atoms with Crippen molar-refractivity contribution in [3.05, 3.63) is 65.4 Å². The van der Waals surface area contributed by atoms with Gasteiger partial charge < -0.3 is 14.7 Å². The highest BCUT2D eigenvalue weighted by Gasteiger charge is 2.23. The number of benzene rings is 2. The van der Waals surface area contributed by atoms with Crippen LogP contribution in [-0.2, 0) is 16.4 Å². The van der Waals surface area contributed by atoms with Crippen molar-refractivity contribution >= 4 is 28.3 Å². The van der Waals surface area contributed by atoms with Crippen LogP contribution in [0.3, 0.4) is 0 Å². The summed E-state index contributed by atoms with van der Waals surface area (Å²) in [5.41, 5.74) is 2.15. The molecule has 36 heavy (non-hydrogen) atoms. The molecule has 3 aromatic rings. The van der Waals surface area contributed by atoms with Crippen LogP contribution < -0.4 is 9.64 Å². The molecule has 8 nitrogen and oxygen atoms in total. The number of aromatic hydroxyl groups is 1. The number of thiol groups is 1. The Balaban J connectivity index is 0.000000338. The molecule has 0 amide bonds. The first-order chi connectivity index (χ1) is 17.1. The van der Waals surface area contributed by atoms with Crippen molar-refractivity contribution in [1.29, 1.82) is 5.26 Å². The average molecular weight is 527 g/mol. The molecule has 0 unspecified atom stereocenters. The lowest BCUT2D eigenvalue weighted by Gasteiger charge is -2.23. The summed E-state index contributed by atoms with van der Waals surface area (Å²) in [5.74, 6) is 2.15. The highest BCUT2D eigenvalue weighted by molar-refractivity contribution is 7.90. The quantitative estimate of drug-likeness (QED) is 0.411. The molecule has 1 saturated carbocycles. The molecule has 0 atom stereocenters. The minimum absolute atomic E-state index is 0.240. The molecule has 0 radical (unpaired) electrons. The molecule has 1 aromatic heterocycles. The Hall–Kier alpha value is -3.29. The monoisotopic (exact) mass is 526 g/mol. The van der Waals surface area contributed by atoms with E-state index in [0.717, 1.165) is 11.1 Å². The fraction of sp³-hybridized carbons (Fsp3) is 0.346. The molecule has 1 aliphatic carbocycles. The molecule has 0 saturated heterocycles. The second kappa shape index (κ2) is 12.1. The van der Waals surface area contributed by atoms with Gasteiger partial charge in [0.25, 0.3) is 0 Å². The van der Waals surface area contributed by atoms with Gasteiger partial charge >= 0.3 is 0 Å². The van der Waals surface area contributed by atoms with E-state index < -0.39 is 9.84 Å². The van der Waals surface area contributed by atoms with Crippen LogP contribution in [0.1, 0.15) is 36.6 Å². The summed E-state index contributed by atoms with van der Waals surface area (Å²) in [4.78, 5) is 2.85. The van der Waals surface area contributed by atoms with Crippen LogP contribution in [0.5, 0.6) is 11.5 Å². The third-order valence-electron chi connectivity index (χ3n) is 5.59. The fourth-order valence-electron chi connectivity index (χ4n) is 3.29. The van der Waals surface area contributed by atoms with Crippen molar-refractivity contribution in [2.75, 3.05) is 24.3 Å². The van der Waals surface area contributed by atoms with Crippen LogP contribution in [0.25, 0.3) is 0 Å². The molecule has 10 heteroatoms. The second-order valence-electron chi connectivity index (χ2n) is 8.69. The number of nitriles is 1. The third-order valence-corrected chi connectivity index (χ3v) is 7.06. The average Bonchev–Trinajstić information content (AvgIpc) is 3.68. The molecule has 1 aliphatic rings. The van der Waals surface area contributed by atoms with Gasteiger partial charge in [-0.2, -0.15) is 5.26 Å². The number of hydrogen-bond donors (Lipinski definition) is 2. The van der Waals surface area contributed by atoms with Gasteiger partial charge in [0.15, 0.2) is 21.3 Å². The highest BCUT2D eigenvalue weighted by atomic mass is 32.2. The summed E-state index contributed by atoms with van der Waals surface area (Å²) in [6.07, 6.45) is 3.55. The Morgan fingerprint density at radius 1 is 1.17 bits per heavy atom. The molecule has 1 N–H and O–H groups in total. The molecule has 1 heterocycles. The summed E-state index contributed by atoms with van der Waals surface area (Å²) >= 11 is 4.02. The Morgan fingerprint density at radius 3 is 2.44 bits per heavy atom. The molecular formula is C26H30N4O4S2. The van der Waals surface area contributed by atoms with Gasteiger partial charge in [-0.15, -0.1) is 22.8 Å². The lowest BCUT2D eigenvalue weighted by atomic mass is 10.2. The summed E-state index contributed by atoms with van der Waals surface area (Å²) in [5, 5.41) is 25.8. The van der Waals surface area contributed by atoms with E-state index in [9.17, 15) is 8.42 Å². The normalized spacial score (nSPS) is 12.8. The lowest BCUT2D eigenvalue weighted by molar-refractivity contribution is 0.296. The standard InChI is InChI=1S/C19H22N4O3S.C7H8OS/c1-3-23(19-9-6-16(11-20)21-22-19)12-15-10-17(27(2,24)25)7-8-18(15)26-13-14-4-5-14;1-5-2-3-6(8)7(9)4-5/h6-10,14H,3-5,12-13H2,1-2H3;2-4,8-9H,1H3. The van der Waals surface area contributed by atoms with Gasteiger partial charge in [-0.1, -0.05) is 6.07 Å². The number of rotatable bonds is 8. The zero-order valence-electron chi connectivity index (χ0n) is 20.5. The van der Waals surface area contributed by atoms with Crippen molar-refractivity contribution in [3.63, 3.8) is 0 Å². The topological polar surface area (TPSA) is 116 Å². The molecule has 2 aromatic carbocycles. The van der Waals surface area contributed by atoms with Gasteiger partial charge in [0.2, 0.25) is 0 Å². The second-order valence-corrected chi connectivity index (χ2v) is 11.2. The van der Waals surface area contributed by atoms with Crippen molar-refractivity contribution in [2.24, 2.45) is 5.92 Å². The van der Waals surface area contributed by atoms with E-state index >= 15 is 0 Å². The predicted octanol–water partition coefficient (Wildman–Crippen LogP) is 4.56. The van der Waals surface area contributed by atoms with E-state index in [2.05, 4.69) is 22.8 Å². The number of ether oxygens (including phenoxy) is 1. The number of aromatic nitrogens is 2. The summed E-state index contributed by atoms with van der Waals surface area (Å²) in [6, 6.07) is 15.6. The van der Waals surface area contributed by atoms with E-state index in [1.165, 1.54) is 19.1 Å². The van der Waals surface area contributed by atoms with Gasteiger partial charge in [0.1, 0.15) is 17.6 Å². The van der Waals surface area contributed by atoms with Gasteiger partial charge in [0.05, 0.1) is 11.5 Å². The molecule has 190 valence electrons. The van der Waals surface area contributed by atoms with E-state index in [0.29, 0.717) is 42.1 Å². The summed E-state index contributed by atoms with van der Waals surface area (Å²) in [6.45, 7) is 5.66. The summed E-state index contributed by atoms with van der Waals surface area (Å²) in [7, 11) is -3.32. The predicted molar refractivity (Wildman–Crippen MR) is 141 cm³/mol. The molecule has 0 bridgehead atoms. The number of sulfone groups is 1. The minimum Gasteiger partial charge on any atom is -0.507 e. The highest BCUT2D eigenvalue weighted by Crippen LogP contribution is 2.32. The largest absolute Gasteiger partial charge is 0.507 e. The van der Waals surface area contributed by atoms with Crippen molar-refractivity contribution in [1.82, 2.24) is 10.2 Å². The number of anilines is 1. The van der Waals surface area contributed by atoms with Gasteiger partial charge in [-0.05, 0) is 80.6 Å². The number of phenols is 1. The first-order valence-corrected chi connectivity index (χ1v) is 13.9. The van der Waals surface area contributed by atoms with E-state index in [1.54, 1.807) is 36.4 Å². The van der Waals surface area contributed by atoms with Gasteiger partial charge in [-0.3, -0.25) is 0 Å². The SMILES string of the molecule is CCN(Cc1cc(S(C)(=O)=O)ccc1OCC1CC1)c1ccc(C#N)nn1.Cc1ccc(O)c(S)c1. The Kier molecular flexibility index (Phi) is 9.18. The Labute approximate surface area is 217 Å². The first kappa shape index (κ1) is 27.3. The van der Waals surface area contributed by atoms with E-state index in [-0.39, 0.29) is 16.3 Å². The van der Waals surface area contributed by atoms with Gasteiger partial charge in [0, 0.05) is 29.8 Å². The Bertz CT molecular complexity index is 1340. The number of nitrogens with zero attached hydrogens (tertiary/aromatic N) is 4. The van der Waals surface area contributed by atoms with E-state index in [4.69, 9.17) is 15.1 Å². The molecule has 4 rings (SSSR count). The molecule has 0 aliphatic heterocycles. The zero-order valence-corrected chi connectivity index (χ0v) is 22.3. The molecule has 1 fully saturated rings. The number of aryl methyl sites for hydroxylation is 1.